The minimum atomic E-state index is 0.151. The van der Waals surface area contributed by atoms with Crippen LogP contribution < -0.4 is 5.32 Å². The molecule has 1 amide bonds. The summed E-state index contributed by atoms with van der Waals surface area (Å²) < 4.78 is 0. The van der Waals surface area contributed by atoms with Crippen molar-refractivity contribution in [2.45, 2.75) is 20.3 Å². The summed E-state index contributed by atoms with van der Waals surface area (Å²) in [4.78, 5) is 10.9. The molecule has 0 aromatic heterocycles. The predicted octanol–water partition coefficient (Wildman–Crippen LogP) is 1.51. The summed E-state index contributed by atoms with van der Waals surface area (Å²) in [5.74, 6) is 1.40. The van der Waals surface area contributed by atoms with Crippen LogP contribution in [-0.2, 0) is 4.79 Å². The second kappa shape index (κ2) is 6.53. The summed E-state index contributed by atoms with van der Waals surface area (Å²) in [7, 11) is 0. The molecule has 0 radical (unpaired) electrons. The molecule has 0 aromatic carbocycles. The van der Waals surface area contributed by atoms with Crippen LogP contribution in [-0.4, -0.2) is 24.5 Å². The number of carbonyl (C=O) groups excluding carboxylic acids is 1. The topological polar surface area (TPSA) is 29.1 Å². The summed E-state index contributed by atoms with van der Waals surface area (Å²) in [5, 5.41) is 2.86. The van der Waals surface area contributed by atoms with Gasteiger partial charge in [-0.2, -0.15) is 11.8 Å². The Bertz CT molecular complexity index is 115. The highest BCUT2D eigenvalue weighted by molar-refractivity contribution is 7.99. The maximum Gasteiger partial charge on any atom is 0.229 e. The highest BCUT2D eigenvalue weighted by Crippen LogP contribution is 1.96. The number of hydrogen-bond acceptors (Lipinski definition) is 2. The van der Waals surface area contributed by atoms with E-state index in [4.69, 9.17) is 0 Å². The molecular weight excluding hydrogens is 158 g/mol. The van der Waals surface area contributed by atoms with Crippen molar-refractivity contribution in [1.29, 1.82) is 0 Å². The first-order valence-electron chi connectivity index (χ1n) is 3.92. The van der Waals surface area contributed by atoms with Crippen molar-refractivity contribution in [3.63, 3.8) is 0 Å². The van der Waals surface area contributed by atoms with E-state index in [0.717, 1.165) is 13.0 Å². The third-order valence-corrected chi connectivity index (χ3v) is 1.87. The molecule has 0 saturated carbocycles. The molecule has 0 heterocycles. The zero-order valence-corrected chi connectivity index (χ0v) is 8.33. The normalized spacial score (nSPS) is 10.2. The summed E-state index contributed by atoms with van der Waals surface area (Å²) in [6, 6.07) is 0. The van der Waals surface area contributed by atoms with E-state index in [9.17, 15) is 4.79 Å². The van der Waals surface area contributed by atoms with Gasteiger partial charge in [0.05, 0.1) is 5.75 Å². The SMILES string of the molecule is CSCC(=O)NCCC(C)C. The molecule has 1 N–H and O–H groups in total. The van der Waals surface area contributed by atoms with E-state index >= 15 is 0 Å². The molecule has 0 aliphatic carbocycles. The van der Waals surface area contributed by atoms with Gasteiger partial charge in [0, 0.05) is 6.54 Å². The van der Waals surface area contributed by atoms with Gasteiger partial charge in [0.25, 0.3) is 0 Å². The molecule has 0 aromatic rings. The highest BCUT2D eigenvalue weighted by Gasteiger charge is 1.98. The van der Waals surface area contributed by atoms with Gasteiger partial charge in [0.15, 0.2) is 0 Å². The van der Waals surface area contributed by atoms with Crippen LogP contribution in [0, 0.1) is 5.92 Å². The molecule has 66 valence electrons. The Morgan fingerprint density at radius 1 is 1.55 bits per heavy atom. The van der Waals surface area contributed by atoms with Gasteiger partial charge in [-0.3, -0.25) is 4.79 Å². The van der Waals surface area contributed by atoms with E-state index in [-0.39, 0.29) is 5.91 Å². The van der Waals surface area contributed by atoms with Gasteiger partial charge in [-0.15, -0.1) is 0 Å². The first-order chi connectivity index (χ1) is 5.16. The largest absolute Gasteiger partial charge is 0.355 e. The summed E-state index contributed by atoms with van der Waals surface area (Å²) in [5.41, 5.74) is 0. The molecule has 0 fully saturated rings. The number of nitrogens with one attached hydrogen (secondary N) is 1. The van der Waals surface area contributed by atoms with Crippen LogP contribution in [0.1, 0.15) is 20.3 Å². The zero-order valence-electron chi connectivity index (χ0n) is 7.52. The molecule has 2 nitrogen and oxygen atoms in total. The van der Waals surface area contributed by atoms with Crippen molar-refractivity contribution in [2.24, 2.45) is 5.92 Å². The van der Waals surface area contributed by atoms with Crippen LogP contribution in [0.3, 0.4) is 0 Å². The van der Waals surface area contributed by atoms with Gasteiger partial charge < -0.3 is 5.32 Å². The lowest BCUT2D eigenvalue weighted by atomic mass is 10.1. The van der Waals surface area contributed by atoms with Gasteiger partial charge in [0.2, 0.25) is 5.91 Å². The fourth-order valence-corrected chi connectivity index (χ4v) is 1.05. The van der Waals surface area contributed by atoms with Gasteiger partial charge in [-0.25, -0.2) is 0 Å². The predicted molar refractivity (Wildman–Crippen MR) is 50.8 cm³/mol. The molecule has 0 spiro atoms. The maximum absolute atomic E-state index is 10.9. The monoisotopic (exact) mass is 175 g/mol. The Morgan fingerprint density at radius 3 is 2.64 bits per heavy atom. The van der Waals surface area contributed by atoms with Gasteiger partial charge in [-0.05, 0) is 18.6 Å². The maximum atomic E-state index is 10.9. The minimum absolute atomic E-state index is 0.151. The molecule has 0 unspecified atom stereocenters. The van der Waals surface area contributed by atoms with Crippen molar-refractivity contribution in [1.82, 2.24) is 5.32 Å². The first-order valence-corrected chi connectivity index (χ1v) is 5.31. The molecule has 0 aliphatic heterocycles. The van der Waals surface area contributed by atoms with Crippen molar-refractivity contribution >= 4 is 17.7 Å². The van der Waals surface area contributed by atoms with Crippen molar-refractivity contribution < 1.29 is 4.79 Å². The summed E-state index contributed by atoms with van der Waals surface area (Å²) >= 11 is 1.56. The molecule has 11 heavy (non-hydrogen) atoms. The van der Waals surface area contributed by atoms with E-state index < -0.39 is 0 Å². The Hall–Kier alpha value is -0.180. The van der Waals surface area contributed by atoms with Gasteiger partial charge in [-0.1, -0.05) is 13.8 Å². The van der Waals surface area contributed by atoms with E-state index in [2.05, 4.69) is 19.2 Å². The van der Waals surface area contributed by atoms with Gasteiger partial charge in [0.1, 0.15) is 0 Å². The van der Waals surface area contributed by atoms with E-state index in [1.807, 2.05) is 6.26 Å². The molecule has 0 saturated heterocycles. The average Bonchev–Trinajstić information content (AvgIpc) is 1.87. The average molecular weight is 175 g/mol. The second-order valence-corrected chi connectivity index (χ2v) is 3.83. The lowest BCUT2D eigenvalue weighted by molar-refractivity contribution is -0.118. The first kappa shape index (κ1) is 10.8. The Balaban J connectivity index is 3.17. The number of thioether (sulfide) groups is 1. The van der Waals surface area contributed by atoms with Crippen LogP contribution in [0.2, 0.25) is 0 Å². The molecule has 0 bridgehead atoms. The number of hydrogen-bond donors (Lipinski definition) is 1. The van der Waals surface area contributed by atoms with Crippen LogP contribution in [0.5, 0.6) is 0 Å². The third kappa shape index (κ3) is 7.72. The molecule has 0 atom stereocenters. The molecule has 0 aliphatic rings. The highest BCUT2D eigenvalue weighted by atomic mass is 32.2. The third-order valence-electron chi connectivity index (χ3n) is 1.32. The van der Waals surface area contributed by atoms with Crippen LogP contribution >= 0.6 is 11.8 Å². The number of carbonyl (C=O) groups is 1. The van der Waals surface area contributed by atoms with Crippen molar-refractivity contribution in [2.75, 3.05) is 18.6 Å². The van der Waals surface area contributed by atoms with Gasteiger partial charge >= 0.3 is 0 Å². The van der Waals surface area contributed by atoms with Crippen molar-refractivity contribution in [3.05, 3.63) is 0 Å². The Kier molecular flexibility index (Phi) is 6.42. The zero-order chi connectivity index (χ0) is 8.69. The van der Waals surface area contributed by atoms with Crippen molar-refractivity contribution in [3.8, 4) is 0 Å². The molecule has 3 heteroatoms. The quantitative estimate of drug-likeness (QED) is 0.686. The fraction of sp³-hybridized carbons (Fsp3) is 0.875. The smallest absolute Gasteiger partial charge is 0.229 e. The Morgan fingerprint density at radius 2 is 2.18 bits per heavy atom. The Labute approximate surface area is 73.1 Å². The standard InChI is InChI=1S/C8H17NOS/c1-7(2)4-5-9-8(10)6-11-3/h7H,4-6H2,1-3H3,(H,9,10). The van der Waals surface area contributed by atoms with E-state index in [1.165, 1.54) is 0 Å². The van der Waals surface area contributed by atoms with Crippen LogP contribution in [0.15, 0.2) is 0 Å². The number of amides is 1. The number of rotatable bonds is 5. The second-order valence-electron chi connectivity index (χ2n) is 2.97. The van der Waals surface area contributed by atoms with Crippen LogP contribution in [0.25, 0.3) is 0 Å². The fourth-order valence-electron chi connectivity index (χ4n) is 0.682. The summed E-state index contributed by atoms with van der Waals surface area (Å²) in [6.07, 6.45) is 3.00. The van der Waals surface area contributed by atoms with E-state index in [0.29, 0.717) is 11.7 Å². The summed E-state index contributed by atoms with van der Waals surface area (Å²) in [6.45, 7) is 5.12. The minimum Gasteiger partial charge on any atom is -0.355 e. The van der Waals surface area contributed by atoms with E-state index in [1.54, 1.807) is 11.8 Å². The lowest BCUT2D eigenvalue weighted by Gasteiger charge is -2.05. The molecular formula is C8H17NOS. The lowest BCUT2D eigenvalue weighted by Crippen LogP contribution is -2.26. The van der Waals surface area contributed by atoms with Crippen LogP contribution in [0.4, 0.5) is 0 Å². The molecule has 0 rings (SSSR count).